The fourth-order valence-corrected chi connectivity index (χ4v) is 2.82. The minimum atomic E-state index is -0.412. The van der Waals surface area contributed by atoms with Crippen molar-refractivity contribution in [2.45, 2.75) is 20.4 Å². The second kappa shape index (κ2) is 5.49. The Labute approximate surface area is 131 Å². The summed E-state index contributed by atoms with van der Waals surface area (Å²) < 4.78 is 12.6. The second-order valence-corrected chi connectivity index (χ2v) is 5.44. The highest BCUT2D eigenvalue weighted by atomic mass is 35.5. The maximum Gasteiger partial charge on any atom is 0.312 e. The first-order chi connectivity index (χ1) is 10.5. The summed E-state index contributed by atoms with van der Waals surface area (Å²) >= 11 is 6.20. The highest BCUT2D eigenvalue weighted by molar-refractivity contribution is 6.32. The van der Waals surface area contributed by atoms with E-state index in [-0.39, 0.29) is 5.69 Å². The monoisotopic (exact) mass is 323 g/mol. The second-order valence-electron chi connectivity index (χ2n) is 5.04. The summed E-state index contributed by atoms with van der Waals surface area (Å²) in [5, 5.41) is 15.7. The van der Waals surface area contributed by atoms with Crippen LogP contribution in [0.3, 0.4) is 0 Å². The summed E-state index contributed by atoms with van der Waals surface area (Å²) in [5.41, 5.74) is 1.79. The van der Waals surface area contributed by atoms with Gasteiger partial charge in [-0.15, -0.1) is 0 Å². The number of ether oxygens (including phenoxy) is 2. The van der Waals surface area contributed by atoms with Gasteiger partial charge < -0.3 is 9.47 Å². The molecule has 0 fully saturated rings. The third-order valence-corrected chi connectivity index (χ3v) is 3.80. The smallest absolute Gasteiger partial charge is 0.312 e. The van der Waals surface area contributed by atoms with E-state index in [0.29, 0.717) is 47.7 Å². The molecule has 0 unspecified atom stereocenters. The molecule has 8 heteroatoms. The molecular weight excluding hydrogens is 310 g/mol. The molecule has 0 bridgehead atoms. The third kappa shape index (κ3) is 2.48. The number of nitrogens with zero attached hydrogens (tertiary/aromatic N) is 3. The molecule has 0 spiro atoms. The van der Waals surface area contributed by atoms with Crippen LogP contribution in [-0.2, 0) is 6.54 Å². The van der Waals surface area contributed by atoms with E-state index in [0.717, 1.165) is 5.56 Å². The van der Waals surface area contributed by atoms with E-state index in [1.165, 1.54) is 0 Å². The first-order valence-electron chi connectivity index (χ1n) is 6.74. The fourth-order valence-electron chi connectivity index (χ4n) is 2.53. The summed E-state index contributed by atoms with van der Waals surface area (Å²) in [7, 11) is 0. The molecule has 0 saturated heterocycles. The number of benzene rings is 1. The summed E-state index contributed by atoms with van der Waals surface area (Å²) in [6.45, 7) is 4.61. The van der Waals surface area contributed by atoms with E-state index >= 15 is 0 Å². The van der Waals surface area contributed by atoms with E-state index in [1.54, 1.807) is 24.6 Å². The minimum absolute atomic E-state index is 0.0450. The number of fused-ring (bicyclic) bond motifs is 1. The molecule has 2 aromatic rings. The predicted molar refractivity (Wildman–Crippen MR) is 79.9 cm³/mol. The van der Waals surface area contributed by atoms with Gasteiger partial charge in [-0.25, -0.2) is 0 Å². The standard InChI is InChI=1S/C14H14ClN3O4/c1-8-13(18(19)20)9(2)17(16-8)7-10-5-11(15)14-12(6-10)21-3-4-22-14/h5-6H,3-4,7H2,1-2H3. The molecule has 0 atom stereocenters. The van der Waals surface area contributed by atoms with Gasteiger partial charge in [0, 0.05) is 0 Å². The molecule has 2 heterocycles. The Bertz CT molecular complexity index is 757. The molecule has 0 N–H and O–H groups in total. The first-order valence-corrected chi connectivity index (χ1v) is 7.11. The molecule has 1 aromatic carbocycles. The summed E-state index contributed by atoms with van der Waals surface area (Å²) in [6.07, 6.45) is 0. The first kappa shape index (κ1) is 14.6. The SMILES string of the molecule is Cc1nn(Cc2cc(Cl)c3c(c2)OCCO3)c(C)c1[N+](=O)[O-]. The maximum absolute atomic E-state index is 11.0. The number of hydrogen-bond acceptors (Lipinski definition) is 5. The zero-order valence-corrected chi connectivity index (χ0v) is 12.9. The zero-order valence-electron chi connectivity index (χ0n) is 12.1. The lowest BCUT2D eigenvalue weighted by molar-refractivity contribution is -0.386. The van der Waals surface area contributed by atoms with E-state index in [4.69, 9.17) is 21.1 Å². The molecule has 1 aliphatic heterocycles. The van der Waals surface area contributed by atoms with Gasteiger partial charge in [0.15, 0.2) is 11.5 Å². The summed E-state index contributed by atoms with van der Waals surface area (Å²) in [6, 6.07) is 3.58. The van der Waals surface area contributed by atoms with Crippen LogP contribution in [0, 0.1) is 24.0 Å². The molecule has 0 aliphatic carbocycles. The van der Waals surface area contributed by atoms with Crippen molar-refractivity contribution in [1.82, 2.24) is 9.78 Å². The predicted octanol–water partition coefficient (Wildman–Crippen LogP) is 2.88. The van der Waals surface area contributed by atoms with Crippen molar-refractivity contribution in [3.05, 3.63) is 44.2 Å². The highest BCUT2D eigenvalue weighted by Crippen LogP contribution is 2.38. The Hall–Kier alpha value is -2.28. The van der Waals surface area contributed by atoms with E-state index < -0.39 is 4.92 Å². The molecule has 0 saturated carbocycles. The van der Waals surface area contributed by atoms with Crippen molar-refractivity contribution in [3.63, 3.8) is 0 Å². The van der Waals surface area contributed by atoms with Crippen LogP contribution in [0.5, 0.6) is 11.5 Å². The molecule has 0 radical (unpaired) electrons. The summed E-state index contributed by atoms with van der Waals surface area (Å²) in [4.78, 5) is 10.6. The summed E-state index contributed by atoms with van der Waals surface area (Å²) in [5.74, 6) is 1.13. The fraction of sp³-hybridized carbons (Fsp3) is 0.357. The normalized spacial score (nSPS) is 13.2. The Morgan fingerprint density at radius 1 is 1.36 bits per heavy atom. The van der Waals surface area contributed by atoms with Crippen molar-refractivity contribution in [2.24, 2.45) is 0 Å². The largest absolute Gasteiger partial charge is 0.486 e. The number of aromatic nitrogens is 2. The zero-order chi connectivity index (χ0) is 15.9. The Kier molecular flexibility index (Phi) is 3.66. The molecular formula is C14H14ClN3O4. The number of hydrogen-bond donors (Lipinski definition) is 0. The Morgan fingerprint density at radius 2 is 2.09 bits per heavy atom. The third-order valence-electron chi connectivity index (χ3n) is 3.51. The average Bonchev–Trinajstić information content (AvgIpc) is 2.73. The lowest BCUT2D eigenvalue weighted by Crippen LogP contribution is -2.16. The molecule has 7 nitrogen and oxygen atoms in total. The van der Waals surface area contributed by atoms with Gasteiger partial charge in [-0.2, -0.15) is 5.10 Å². The van der Waals surface area contributed by atoms with Crippen molar-refractivity contribution >= 4 is 17.3 Å². The van der Waals surface area contributed by atoms with Crippen molar-refractivity contribution in [1.29, 1.82) is 0 Å². The highest BCUT2D eigenvalue weighted by Gasteiger charge is 2.23. The van der Waals surface area contributed by atoms with E-state index in [2.05, 4.69) is 5.10 Å². The topological polar surface area (TPSA) is 79.4 Å². The van der Waals surface area contributed by atoms with Crippen LogP contribution in [-0.4, -0.2) is 27.9 Å². The van der Waals surface area contributed by atoms with Crippen LogP contribution >= 0.6 is 11.6 Å². The number of rotatable bonds is 3. The van der Waals surface area contributed by atoms with Gasteiger partial charge in [-0.3, -0.25) is 14.8 Å². The van der Waals surface area contributed by atoms with Crippen molar-refractivity contribution in [3.8, 4) is 11.5 Å². The molecule has 1 aromatic heterocycles. The maximum atomic E-state index is 11.0. The number of nitro groups is 1. The number of aryl methyl sites for hydroxylation is 1. The van der Waals surface area contributed by atoms with Gasteiger partial charge in [0.2, 0.25) is 0 Å². The van der Waals surface area contributed by atoms with Gasteiger partial charge in [0.25, 0.3) is 0 Å². The van der Waals surface area contributed by atoms with Crippen LogP contribution in [0.15, 0.2) is 12.1 Å². The van der Waals surface area contributed by atoms with E-state index in [1.807, 2.05) is 6.07 Å². The van der Waals surface area contributed by atoms with Gasteiger partial charge in [-0.05, 0) is 31.5 Å². The van der Waals surface area contributed by atoms with Gasteiger partial charge in [0.1, 0.15) is 24.6 Å². The van der Waals surface area contributed by atoms with Crippen LogP contribution in [0.4, 0.5) is 5.69 Å². The van der Waals surface area contributed by atoms with Crippen LogP contribution < -0.4 is 9.47 Å². The van der Waals surface area contributed by atoms with Gasteiger partial charge in [0.05, 0.1) is 16.5 Å². The van der Waals surface area contributed by atoms with Gasteiger partial charge >= 0.3 is 5.69 Å². The lowest BCUT2D eigenvalue weighted by Gasteiger charge is -2.20. The van der Waals surface area contributed by atoms with Crippen molar-refractivity contribution < 1.29 is 14.4 Å². The molecule has 1 aliphatic rings. The molecule has 116 valence electrons. The molecule has 3 rings (SSSR count). The van der Waals surface area contributed by atoms with E-state index in [9.17, 15) is 10.1 Å². The van der Waals surface area contributed by atoms with Crippen LogP contribution in [0.1, 0.15) is 17.0 Å². The Balaban J connectivity index is 1.96. The van der Waals surface area contributed by atoms with Crippen LogP contribution in [0.2, 0.25) is 5.02 Å². The Morgan fingerprint density at radius 3 is 2.77 bits per heavy atom. The average molecular weight is 324 g/mol. The molecule has 22 heavy (non-hydrogen) atoms. The van der Waals surface area contributed by atoms with Crippen LogP contribution in [0.25, 0.3) is 0 Å². The lowest BCUT2D eigenvalue weighted by atomic mass is 10.2. The minimum Gasteiger partial charge on any atom is -0.486 e. The molecule has 0 amide bonds. The van der Waals surface area contributed by atoms with Gasteiger partial charge in [-0.1, -0.05) is 11.6 Å². The number of halogens is 1. The quantitative estimate of drug-likeness (QED) is 0.641. The van der Waals surface area contributed by atoms with Crippen molar-refractivity contribution in [2.75, 3.05) is 13.2 Å².